The number of nitrogens with zero attached hydrogens (tertiary/aromatic N) is 2. The molecule has 0 radical (unpaired) electrons. The van der Waals surface area contributed by atoms with Crippen molar-refractivity contribution in [1.29, 1.82) is 0 Å². The maximum atomic E-state index is 12.8. The predicted molar refractivity (Wildman–Crippen MR) is 114 cm³/mol. The van der Waals surface area contributed by atoms with Crippen LogP contribution in [0.2, 0.25) is 10.0 Å². The fourth-order valence-corrected chi connectivity index (χ4v) is 3.63. The van der Waals surface area contributed by atoms with E-state index >= 15 is 0 Å². The molecule has 1 aliphatic rings. The fraction of sp³-hybridized carbons (Fsp3) is 0.364. The zero-order valence-corrected chi connectivity index (χ0v) is 17.6. The van der Waals surface area contributed by atoms with Gasteiger partial charge in [0.15, 0.2) is 6.10 Å². The maximum Gasteiger partial charge on any atom is 0.223 e. The third-order valence-electron chi connectivity index (χ3n) is 4.60. The van der Waals surface area contributed by atoms with Gasteiger partial charge in [0.2, 0.25) is 5.91 Å². The minimum Gasteiger partial charge on any atom is -0.390 e. The quantitative estimate of drug-likeness (QED) is 0.590. The van der Waals surface area contributed by atoms with Crippen LogP contribution in [0.25, 0.3) is 0 Å². The second-order valence-electron chi connectivity index (χ2n) is 7.41. The highest BCUT2D eigenvalue weighted by molar-refractivity contribution is 6.34. The molecule has 1 amide bonds. The molecule has 0 N–H and O–H groups in total. The van der Waals surface area contributed by atoms with E-state index in [0.29, 0.717) is 36.0 Å². The Hall–Kier alpha value is -2.04. The molecule has 6 heteroatoms. The number of hydrogen-bond acceptors (Lipinski definition) is 3. The van der Waals surface area contributed by atoms with Crippen LogP contribution in [0.5, 0.6) is 0 Å². The lowest BCUT2D eigenvalue weighted by atomic mass is 10.0. The van der Waals surface area contributed by atoms with Crippen LogP contribution in [0.3, 0.4) is 0 Å². The van der Waals surface area contributed by atoms with E-state index < -0.39 is 0 Å². The molecule has 2 aromatic carbocycles. The van der Waals surface area contributed by atoms with Gasteiger partial charge in [-0.25, -0.2) is 0 Å². The van der Waals surface area contributed by atoms with Gasteiger partial charge in [-0.05, 0) is 23.6 Å². The zero-order chi connectivity index (χ0) is 20.1. The molecular weight excluding hydrogens is 395 g/mol. The monoisotopic (exact) mass is 418 g/mol. The highest BCUT2D eigenvalue weighted by Gasteiger charge is 2.28. The molecule has 0 fully saturated rings. The van der Waals surface area contributed by atoms with Gasteiger partial charge < -0.3 is 9.74 Å². The van der Waals surface area contributed by atoms with Crippen LogP contribution in [0.1, 0.15) is 37.8 Å². The Labute approximate surface area is 176 Å². The Morgan fingerprint density at radius 3 is 2.50 bits per heavy atom. The number of halogens is 2. The smallest absolute Gasteiger partial charge is 0.223 e. The van der Waals surface area contributed by atoms with Crippen molar-refractivity contribution in [2.24, 2.45) is 11.1 Å². The van der Waals surface area contributed by atoms with Crippen LogP contribution < -0.4 is 0 Å². The lowest BCUT2D eigenvalue weighted by molar-refractivity contribution is -0.134. The number of benzene rings is 2. The summed E-state index contributed by atoms with van der Waals surface area (Å²) in [4.78, 5) is 20.3. The summed E-state index contributed by atoms with van der Waals surface area (Å²) in [7, 11) is 0. The molecule has 2 aromatic rings. The largest absolute Gasteiger partial charge is 0.390 e. The molecule has 148 valence electrons. The summed E-state index contributed by atoms with van der Waals surface area (Å²) in [6.45, 7) is 4.98. The first-order valence-electron chi connectivity index (χ1n) is 9.42. The van der Waals surface area contributed by atoms with E-state index in [0.717, 1.165) is 16.8 Å². The average molecular weight is 419 g/mol. The molecule has 28 heavy (non-hydrogen) atoms. The van der Waals surface area contributed by atoms with Gasteiger partial charge >= 0.3 is 0 Å². The summed E-state index contributed by atoms with van der Waals surface area (Å²) in [5, 5.41) is 5.52. The van der Waals surface area contributed by atoms with Gasteiger partial charge in [0.05, 0.1) is 12.3 Å². The van der Waals surface area contributed by atoms with Crippen LogP contribution in [0, 0.1) is 5.92 Å². The number of amides is 1. The Morgan fingerprint density at radius 1 is 1.14 bits per heavy atom. The lowest BCUT2D eigenvalue weighted by Crippen LogP contribution is -2.37. The minimum absolute atomic E-state index is 0.0877. The molecular formula is C22H24Cl2N2O2. The Kier molecular flexibility index (Phi) is 6.97. The van der Waals surface area contributed by atoms with Crippen LogP contribution in [0.4, 0.5) is 0 Å². The van der Waals surface area contributed by atoms with Gasteiger partial charge in [-0.3, -0.25) is 4.79 Å². The summed E-state index contributed by atoms with van der Waals surface area (Å²) >= 11 is 12.6. The second kappa shape index (κ2) is 9.44. The molecule has 0 saturated carbocycles. The van der Waals surface area contributed by atoms with E-state index in [2.05, 4.69) is 5.16 Å². The van der Waals surface area contributed by atoms with Crippen LogP contribution in [0.15, 0.2) is 53.7 Å². The number of carbonyl (C=O) groups excluding carboxylic acids is 1. The molecule has 0 aliphatic carbocycles. The Bertz CT molecular complexity index is 867. The Morgan fingerprint density at radius 2 is 1.82 bits per heavy atom. The summed E-state index contributed by atoms with van der Waals surface area (Å²) < 4.78 is 0. The van der Waals surface area contributed by atoms with Gasteiger partial charge in [-0.15, -0.1) is 0 Å². The van der Waals surface area contributed by atoms with Crippen molar-refractivity contribution in [3.8, 4) is 0 Å². The first-order chi connectivity index (χ1) is 13.4. The van der Waals surface area contributed by atoms with Gasteiger partial charge in [0, 0.05) is 35.0 Å². The third kappa shape index (κ3) is 5.27. The van der Waals surface area contributed by atoms with E-state index in [9.17, 15) is 4.79 Å². The summed E-state index contributed by atoms with van der Waals surface area (Å²) in [6.07, 6.45) is 0.887. The zero-order valence-electron chi connectivity index (χ0n) is 16.1. The molecule has 1 aliphatic heterocycles. The van der Waals surface area contributed by atoms with Gasteiger partial charge in [0.1, 0.15) is 0 Å². The van der Waals surface area contributed by atoms with E-state index in [-0.39, 0.29) is 17.9 Å². The maximum absolute atomic E-state index is 12.8. The highest BCUT2D eigenvalue weighted by atomic mass is 35.5. The SMILES string of the molecule is CC(C)CC(=O)N(Cc1ccccc1Cl)C[C@H]1CC(c2ccccc2Cl)=NO1. The summed E-state index contributed by atoms with van der Waals surface area (Å²) in [5.74, 6) is 0.366. The predicted octanol–water partition coefficient (Wildman–Crippen LogP) is 5.56. The number of hydrogen-bond donors (Lipinski definition) is 0. The van der Waals surface area contributed by atoms with Crippen molar-refractivity contribution < 1.29 is 9.63 Å². The van der Waals surface area contributed by atoms with Gasteiger partial charge in [-0.2, -0.15) is 0 Å². The van der Waals surface area contributed by atoms with Crippen molar-refractivity contribution in [3.05, 3.63) is 69.7 Å². The van der Waals surface area contributed by atoms with Crippen molar-refractivity contribution >= 4 is 34.8 Å². The van der Waals surface area contributed by atoms with Gasteiger partial charge in [0.25, 0.3) is 0 Å². The van der Waals surface area contributed by atoms with Crippen LogP contribution in [-0.4, -0.2) is 29.2 Å². The second-order valence-corrected chi connectivity index (χ2v) is 8.23. The van der Waals surface area contributed by atoms with E-state index in [1.165, 1.54) is 0 Å². The average Bonchev–Trinajstić information content (AvgIpc) is 3.11. The number of oxime groups is 1. The van der Waals surface area contributed by atoms with E-state index in [1.54, 1.807) is 0 Å². The Balaban J connectivity index is 1.71. The normalized spacial score (nSPS) is 16.0. The third-order valence-corrected chi connectivity index (χ3v) is 5.29. The minimum atomic E-state index is -0.204. The topological polar surface area (TPSA) is 41.9 Å². The van der Waals surface area contributed by atoms with Gasteiger partial charge in [-0.1, -0.05) is 78.6 Å². The van der Waals surface area contributed by atoms with Crippen LogP contribution in [-0.2, 0) is 16.2 Å². The molecule has 4 nitrogen and oxygen atoms in total. The molecule has 0 bridgehead atoms. The highest BCUT2D eigenvalue weighted by Crippen LogP contribution is 2.25. The molecule has 3 rings (SSSR count). The molecule has 0 saturated heterocycles. The van der Waals surface area contributed by atoms with Crippen molar-refractivity contribution in [3.63, 3.8) is 0 Å². The van der Waals surface area contributed by atoms with Crippen LogP contribution >= 0.6 is 23.2 Å². The number of carbonyl (C=O) groups is 1. The van der Waals surface area contributed by atoms with Crippen molar-refractivity contribution in [2.75, 3.05) is 6.54 Å². The molecule has 0 spiro atoms. The molecule has 1 heterocycles. The summed E-state index contributed by atoms with van der Waals surface area (Å²) in [5.41, 5.74) is 2.61. The summed E-state index contributed by atoms with van der Waals surface area (Å²) in [6, 6.07) is 15.2. The first-order valence-corrected chi connectivity index (χ1v) is 10.2. The van der Waals surface area contributed by atoms with Crippen molar-refractivity contribution in [1.82, 2.24) is 4.90 Å². The number of rotatable bonds is 7. The molecule has 0 aromatic heterocycles. The standard InChI is InChI=1S/C22H24Cl2N2O2/c1-15(2)11-22(27)26(13-16-7-3-5-9-19(16)23)14-17-12-21(25-28-17)18-8-4-6-10-20(18)24/h3-10,15,17H,11-14H2,1-2H3/t17-/m1/s1. The first kappa shape index (κ1) is 20.7. The lowest BCUT2D eigenvalue weighted by Gasteiger charge is -2.26. The van der Waals surface area contributed by atoms with E-state index in [1.807, 2.05) is 67.3 Å². The molecule has 1 atom stereocenters. The van der Waals surface area contributed by atoms with E-state index in [4.69, 9.17) is 28.0 Å². The fourth-order valence-electron chi connectivity index (χ4n) is 3.19. The molecule has 0 unspecified atom stereocenters. The van der Waals surface area contributed by atoms with Crippen molar-refractivity contribution in [2.45, 2.75) is 39.3 Å².